The van der Waals surface area contributed by atoms with Crippen molar-refractivity contribution in [2.24, 2.45) is 7.05 Å². The summed E-state index contributed by atoms with van der Waals surface area (Å²) in [4.78, 5) is 12.2. The fourth-order valence-electron chi connectivity index (χ4n) is 1.93. The van der Waals surface area contributed by atoms with E-state index in [1.54, 1.807) is 28.7 Å². The van der Waals surface area contributed by atoms with Crippen LogP contribution in [0.2, 0.25) is 5.02 Å². The van der Waals surface area contributed by atoms with Gasteiger partial charge < -0.3 is 0 Å². The van der Waals surface area contributed by atoms with Crippen molar-refractivity contribution in [2.45, 2.75) is 26.8 Å². The summed E-state index contributed by atoms with van der Waals surface area (Å²) in [5, 5.41) is 8.86. The number of aryl methyl sites for hydroxylation is 3. The number of rotatable bonds is 4. The van der Waals surface area contributed by atoms with E-state index in [9.17, 15) is 4.79 Å². The lowest BCUT2D eigenvalue weighted by molar-refractivity contribution is 0.0981. The number of ketones is 1. The maximum Gasteiger partial charge on any atom is 0.186 e. The smallest absolute Gasteiger partial charge is 0.186 e. The van der Waals surface area contributed by atoms with Crippen molar-refractivity contribution in [3.05, 3.63) is 34.4 Å². The van der Waals surface area contributed by atoms with Crippen LogP contribution < -0.4 is 0 Å². The molecule has 0 atom stereocenters. The Labute approximate surface area is 110 Å². The van der Waals surface area contributed by atoms with Crippen molar-refractivity contribution < 1.29 is 4.79 Å². The van der Waals surface area contributed by atoms with Gasteiger partial charge in [0.05, 0.1) is 22.8 Å². The molecule has 0 amide bonds. The molecule has 0 unspecified atom stereocenters. The van der Waals surface area contributed by atoms with E-state index in [-0.39, 0.29) is 12.2 Å². The van der Waals surface area contributed by atoms with Crippen molar-refractivity contribution in [1.29, 1.82) is 0 Å². The number of carbonyl (C=O) groups excluding carboxylic acids is 1. The molecule has 2 heterocycles. The van der Waals surface area contributed by atoms with Crippen molar-refractivity contribution in [1.82, 2.24) is 19.6 Å². The van der Waals surface area contributed by atoms with Gasteiger partial charge in [-0.25, -0.2) is 0 Å². The summed E-state index contributed by atoms with van der Waals surface area (Å²) >= 11 is 6.18. The molecule has 0 aromatic carbocycles. The highest BCUT2D eigenvalue weighted by molar-refractivity contribution is 6.32. The van der Waals surface area contributed by atoms with E-state index in [0.717, 1.165) is 11.4 Å². The molecule has 0 aliphatic carbocycles. The van der Waals surface area contributed by atoms with Crippen molar-refractivity contribution in [3.63, 3.8) is 0 Å². The summed E-state index contributed by atoms with van der Waals surface area (Å²) in [5.41, 5.74) is 2.10. The highest BCUT2D eigenvalue weighted by Crippen LogP contribution is 2.21. The number of hydrogen-bond acceptors (Lipinski definition) is 3. The van der Waals surface area contributed by atoms with Gasteiger partial charge in [-0.1, -0.05) is 11.6 Å². The Morgan fingerprint density at radius 3 is 2.78 bits per heavy atom. The number of carbonyl (C=O) groups is 1. The number of nitrogens with zero attached hydrogens (tertiary/aromatic N) is 4. The summed E-state index contributed by atoms with van der Waals surface area (Å²) in [6, 6.07) is 1.70. The van der Waals surface area contributed by atoms with Crippen LogP contribution in [0.5, 0.6) is 0 Å². The Bertz CT molecular complexity index is 585. The minimum absolute atomic E-state index is 0.00787. The lowest BCUT2D eigenvalue weighted by atomic mass is 10.1. The van der Waals surface area contributed by atoms with Crippen LogP contribution in [0.1, 0.15) is 28.8 Å². The van der Waals surface area contributed by atoms with E-state index in [4.69, 9.17) is 11.6 Å². The van der Waals surface area contributed by atoms with Crippen LogP contribution in [-0.2, 0) is 20.0 Å². The molecule has 0 saturated heterocycles. The molecular weight excluding hydrogens is 252 g/mol. The molecule has 0 N–H and O–H groups in total. The van der Waals surface area contributed by atoms with Gasteiger partial charge in [-0.2, -0.15) is 10.2 Å². The Morgan fingerprint density at radius 1 is 1.50 bits per heavy atom. The molecule has 0 bridgehead atoms. The highest BCUT2D eigenvalue weighted by Gasteiger charge is 2.18. The van der Waals surface area contributed by atoms with Gasteiger partial charge in [0.15, 0.2) is 5.78 Å². The zero-order valence-corrected chi connectivity index (χ0v) is 11.4. The van der Waals surface area contributed by atoms with Gasteiger partial charge in [-0.15, -0.1) is 0 Å². The predicted octanol–water partition coefficient (Wildman–Crippen LogP) is 2.02. The number of hydrogen-bond donors (Lipinski definition) is 0. The van der Waals surface area contributed by atoms with Gasteiger partial charge in [-0.3, -0.25) is 14.2 Å². The summed E-state index contributed by atoms with van der Waals surface area (Å²) in [7, 11) is 1.75. The average molecular weight is 267 g/mol. The average Bonchev–Trinajstić information content (AvgIpc) is 2.87. The summed E-state index contributed by atoms with van der Waals surface area (Å²) < 4.78 is 3.34. The first-order valence-corrected chi connectivity index (χ1v) is 6.15. The second kappa shape index (κ2) is 4.94. The maximum atomic E-state index is 12.2. The van der Waals surface area contributed by atoms with Crippen LogP contribution in [0.4, 0.5) is 0 Å². The molecule has 2 aromatic heterocycles. The standard InChI is InChI=1S/C12H15ClN4O/c1-4-17-10(12(13)8(2)15-17)7-11(18)9-5-6-14-16(9)3/h5-6H,4,7H2,1-3H3. The molecule has 6 heteroatoms. The van der Waals surface area contributed by atoms with Gasteiger partial charge in [0, 0.05) is 19.8 Å². The first kappa shape index (κ1) is 12.8. The summed E-state index contributed by atoms with van der Waals surface area (Å²) in [6.07, 6.45) is 1.85. The molecule has 2 aromatic rings. The fourth-order valence-corrected chi connectivity index (χ4v) is 2.13. The van der Waals surface area contributed by atoms with Gasteiger partial charge in [0.25, 0.3) is 0 Å². The molecule has 0 aliphatic heterocycles. The van der Waals surface area contributed by atoms with E-state index in [0.29, 0.717) is 17.3 Å². The van der Waals surface area contributed by atoms with Crippen LogP contribution >= 0.6 is 11.6 Å². The molecular formula is C12H15ClN4O. The molecule has 0 aliphatic rings. The third-order valence-corrected chi connectivity index (χ3v) is 3.38. The summed E-state index contributed by atoms with van der Waals surface area (Å²) in [5.74, 6) is -0.00787. The van der Waals surface area contributed by atoms with E-state index in [2.05, 4.69) is 10.2 Å². The molecule has 5 nitrogen and oxygen atoms in total. The van der Waals surface area contributed by atoms with E-state index >= 15 is 0 Å². The Balaban J connectivity index is 2.30. The zero-order valence-electron chi connectivity index (χ0n) is 10.6. The van der Waals surface area contributed by atoms with Gasteiger partial charge in [0.2, 0.25) is 0 Å². The van der Waals surface area contributed by atoms with Crippen molar-refractivity contribution in [2.75, 3.05) is 0 Å². The molecule has 18 heavy (non-hydrogen) atoms. The minimum Gasteiger partial charge on any atom is -0.292 e. The quantitative estimate of drug-likeness (QED) is 0.796. The van der Waals surface area contributed by atoms with Crippen LogP contribution in [0.25, 0.3) is 0 Å². The minimum atomic E-state index is -0.00787. The Morgan fingerprint density at radius 2 is 2.22 bits per heavy atom. The van der Waals surface area contributed by atoms with Crippen molar-refractivity contribution >= 4 is 17.4 Å². The number of halogens is 1. The largest absolute Gasteiger partial charge is 0.292 e. The SMILES string of the molecule is CCn1nc(C)c(Cl)c1CC(=O)c1ccnn1C. The van der Waals surface area contributed by atoms with Gasteiger partial charge >= 0.3 is 0 Å². The fraction of sp³-hybridized carbons (Fsp3) is 0.417. The lowest BCUT2D eigenvalue weighted by Gasteiger charge is -2.05. The molecule has 0 radical (unpaired) electrons. The Hall–Kier alpha value is -1.62. The summed E-state index contributed by atoms with van der Waals surface area (Å²) in [6.45, 7) is 4.51. The first-order chi connectivity index (χ1) is 8.54. The molecule has 2 rings (SSSR count). The van der Waals surface area contributed by atoms with Gasteiger partial charge in [-0.05, 0) is 19.9 Å². The normalized spacial score (nSPS) is 10.9. The highest BCUT2D eigenvalue weighted by atomic mass is 35.5. The second-order valence-electron chi connectivity index (χ2n) is 4.10. The number of Topliss-reactive ketones (excluding diaryl/α,β-unsaturated/α-hetero) is 1. The monoisotopic (exact) mass is 266 g/mol. The zero-order chi connectivity index (χ0) is 13.3. The molecule has 0 saturated carbocycles. The van der Waals surface area contributed by atoms with E-state index < -0.39 is 0 Å². The predicted molar refractivity (Wildman–Crippen MR) is 68.9 cm³/mol. The van der Waals surface area contributed by atoms with Crippen LogP contribution in [0.15, 0.2) is 12.3 Å². The molecule has 96 valence electrons. The van der Waals surface area contributed by atoms with E-state index in [1.807, 2.05) is 13.8 Å². The van der Waals surface area contributed by atoms with Crippen molar-refractivity contribution in [3.8, 4) is 0 Å². The van der Waals surface area contributed by atoms with Crippen LogP contribution in [0, 0.1) is 6.92 Å². The second-order valence-corrected chi connectivity index (χ2v) is 4.48. The van der Waals surface area contributed by atoms with Crippen LogP contribution in [0.3, 0.4) is 0 Å². The maximum absolute atomic E-state index is 12.2. The van der Waals surface area contributed by atoms with Crippen LogP contribution in [-0.4, -0.2) is 25.3 Å². The number of aromatic nitrogens is 4. The molecule has 0 fully saturated rings. The topological polar surface area (TPSA) is 52.7 Å². The van der Waals surface area contributed by atoms with Gasteiger partial charge in [0.1, 0.15) is 5.69 Å². The first-order valence-electron chi connectivity index (χ1n) is 5.77. The third-order valence-electron chi connectivity index (χ3n) is 2.89. The third kappa shape index (κ3) is 2.18. The Kier molecular flexibility index (Phi) is 3.52. The lowest BCUT2D eigenvalue weighted by Crippen LogP contribution is -2.13. The van der Waals surface area contributed by atoms with E-state index in [1.165, 1.54) is 0 Å². The molecule has 0 spiro atoms.